The highest BCUT2D eigenvalue weighted by Gasteiger charge is 2.38. The fraction of sp³-hybridized carbons (Fsp3) is 0.500. The Bertz CT molecular complexity index is 344. The van der Waals surface area contributed by atoms with Crippen molar-refractivity contribution in [2.45, 2.75) is 18.8 Å². The van der Waals surface area contributed by atoms with Gasteiger partial charge in [0.25, 0.3) is 0 Å². The third-order valence-corrected chi connectivity index (χ3v) is 4.16. The van der Waals surface area contributed by atoms with E-state index in [0.29, 0.717) is 5.92 Å². The summed E-state index contributed by atoms with van der Waals surface area (Å²) < 4.78 is 5.90. The van der Waals surface area contributed by atoms with Gasteiger partial charge in [-0.1, -0.05) is 0 Å². The molecule has 14 heavy (non-hydrogen) atoms. The second kappa shape index (κ2) is 4.03. The predicted molar refractivity (Wildman–Crippen MR) is 59.5 cm³/mol. The number of esters is 1. The van der Waals surface area contributed by atoms with Gasteiger partial charge in [0.15, 0.2) is 0 Å². The molecule has 0 spiro atoms. The van der Waals surface area contributed by atoms with Crippen molar-refractivity contribution in [3.05, 3.63) is 20.8 Å². The Hall–Kier alpha value is -0.350. The number of rotatable bonds is 3. The fourth-order valence-electron chi connectivity index (χ4n) is 1.59. The Morgan fingerprint density at radius 3 is 2.79 bits per heavy atom. The summed E-state index contributed by atoms with van der Waals surface area (Å²) in [6, 6.07) is 3.99. The molecule has 1 unspecified atom stereocenters. The van der Waals surface area contributed by atoms with Gasteiger partial charge in [-0.3, -0.25) is 4.79 Å². The number of carbonyl (C=O) groups is 1. The Kier molecular flexibility index (Phi) is 2.93. The van der Waals surface area contributed by atoms with E-state index in [1.807, 2.05) is 12.1 Å². The summed E-state index contributed by atoms with van der Waals surface area (Å²) in [6.07, 6.45) is 2.30. The van der Waals surface area contributed by atoms with Crippen molar-refractivity contribution in [1.82, 2.24) is 0 Å². The highest BCUT2D eigenvalue weighted by atomic mass is 79.9. The Balaban J connectivity index is 2.22. The highest BCUT2D eigenvalue weighted by molar-refractivity contribution is 9.11. The zero-order valence-electron chi connectivity index (χ0n) is 7.83. The summed E-state index contributed by atoms with van der Waals surface area (Å²) in [7, 11) is 1.46. The van der Waals surface area contributed by atoms with Crippen molar-refractivity contribution in [3.8, 4) is 0 Å². The second-order valence-electron chi connectivity index (χ2n) is 3.48. The molecule has 0 N–H and O–H groups in total. The number of thiophene rings is 1. The SMILES string of the molecule is COC(=O)C(c1ccc(Br)s1)C1CC1. The van der Waals surface area contributed by atoms with Crippen LogP contribution in [0.4, 0.5) is 0 Å². The van der Waals surface area contributed by atoms with Crippen LogP contribution in [0, 0.1) is 5.92 Å². The first kappa shape index (κ1) is 10.2. The minimum atomic E-state index is -0.0955. The van der Waals surface area contributed by atoms with Gasteiger partial charge in [-0.15, -0.1) is 11.3 Å². The molecule has 1 aliphatic carbocycles. The molecule has 2 nitrogen and oxygen atoms in total. The molecule has 1 atom stereocenters. The molecular formula is C10H11BrO2S. The van der Waals surface area contributed by atoms with Crippen LogP contribution in [0.3, 0.4) is 0 Å². The molecule has 2 rings (SSSR count). The molecule has 1 saturated carbocycles. The van der Waals surface area contributed by atoms with Crippen molar-refractivity contribution in [1.29, 1.82) is 0 Å². The van der Waals surface area contributed by atoms with Crippen LogP contribution in [0.15, 0.2) is 15.9 Å². The van der Waals surface area contributed by atoms with Crippen LogP contribution < -0.4 is 0 Å². The summed E-state index contributed by atoms with van der Waals surface area (Å²) >= 11 is 5.03. The van der Waals surface area contributed by atoms with Crippen LogP contribution in [-0.2, 0) is 9.53 Å². The first-order valence-corrected chi connectivity index (χ1v) is 6.16. The molecule has 1 aromatic rings. The lowest BCUT2D eigenvalue weighted by atomic mass is 10.0. The quantitative estimate of drug-likeness (QED) is 0.792. The van der Waals surface area contributed by atoms with Crippen LogP contribution in [0.5, 0.6) is 0 Å². The van der Waals surface area contributed by atoms with Gasteiger partial charge >= 0.3 is 5.97 Å². The molecule has 0 bridgehead atoms. The summed E-state index contributed by atoms with van der Waals surface area (Å²) in [5.41, 5.74) is 0. The van der Waals surface area contributed by atoms with Crippen molar-refractivity contribution >= 4 is 33.2 Å². The van der Waals surface area contributed by atoms with E-state index < -0.39 is 0 Å². The first-order chi connectivity index (χ1) is 6.72. The Morgan fingerprint density at radius 2 is 2.36 bits per heavy atom. The highest BCUT2D eigenvalue weighted by Crippen LogP contribution is 2.45. The largest absolute Gasteiger partial charge is 0.469 e. The minimum absolute atomic E-state index is 0.0312. The van der Waals surface area contributed by atoms with Crippen molar-refractivity contribution in [2.75, 3.05) is 7.11 Å². The molecule has 1 aromatic heterocycles. The van der Waals surface area contributed by atoms with Gasteiger partial charge in [0, 0.05) is 4.88 Å². The van der Waals surface area contributed by atoms with Crippen molar-refractivity contribution in [2.24, 2.45) is 5.92 Å². The van der Waals surface area contributed by atoms with E-state index in [9.17, 15) is 4.79 Å². The molecule has 1 aliphatic rings. The predicted octanol–water partition coefficient (Wildman–Crippen LogP) is 3.18. The van der Waals surface area contributed by atoms with Crippen LogP contribution in [0.2, 0.25) is 0 Å². The molecule has 1 fully saturated rings. The third kappa shape index (κ3) is 2.01. The van der Waals surface area contributed by atoms with Crippen LogP contribution in [0.1, 0.15) is 23.6 Å². The van der Waals surface area contributed by atoms with Gasteiger partial charge in [-0.25, -0.2) is 0 Å². The van der Waals surface area contributed by atoms with E-state index in [0.717, 1.165) is 21.5 Å². The summed E-state index contributed by atoms with van der Waals surface area (Å²) in [5.74, 6) is 0.381. The molecule has 0 radical (unpaired) electrons. The summed E-state index contributed by atoms with van der Waals surface area (Å²) in [4.78, 5) is 12.7. The zero-order chi connectivity index (χ0) is 10.1. The fourth-order valence-corrected chi connectivity index (χ4v) is 3.20. The van der Waals surface area contributed by atoms with Crippen molar-refractivity contribution < 1.29 is 9.53 Å². The second-order valence-corrected chi connectivity index (χ2v) is 5.97. The van der Waals surface area contributed by atoms with E-state index in [2.05, 4.69) is 15.9 Å². The monoisotopic (exact) mass is 274 g/mol. The first-order valence-electron chi connectivity index (χ1n) is 4.55. The zero-order valence-corrected chi connectivity index (χ0v) is 10.2. The lowest BCUT2D eigenvalue weighted by Crippen LogP contribution is -2.14. The smallest absolute Gasteiger partial charge is 0.314 e. The van der Waals surface area contributed by atoms with E-state index in [1.165, 1.54) is 7.11 Å². The maximum atomic E-state index is 11.6. The number of ether oxygens (including phenoxy) is 1. The lowest BCUT2D eigenvalue weighted by Gasteiger charge is -2.10. The molecule has 1 heterocycles. The molecule has 76 valence electrons. The molecule has 0 aliphatic heterocycles. The number of hydrogen-bond acceptors (Lipinski definition) is 3. The van der Waals surface area contributed by atoms with E-state index in [1.54, 1.807) is 11.3 Å². The maximum Gasteiger partial charge on any atom is 0.314 e. The number of hydrogen-bond donors (Lipinski definition) is 0. The third-order valence-electron chi connectivity index (χ3n) is 2.45. The van der Waals surface area contributed by atoms with E-state index in [-0.39, 0.29) is 11.9 Å². The van der Waals surface area contributed by atoms with Gasteiger partial charge in [-0.05, 0) is 46.8 Å². The molecule has 0 aromatic carbocycles. The normalized spacial score (nSPS) is 17.9. The van der Waals surface area contributed by atoms with Gasteiger partial charge in [0.05, 0.1) is 16.8 Å². The van der Waals surface area contributed by atoms with E-state index in [4.69, 9.17) is 4.74 Å². The van der Waals surface area contributed by atoms with E-state index >= 15 is 0 Å². The van der Waals surface area contributed by atoms with Crippen LogP contribution in [-0.4, -0.2) is 13.1 Å². The lowest BCUT2D eigenvalue weighted by molar-refractivity contribution is -0.142. The molecule has 4 heteroatoms. The average molecular weight is 275 g/mol. The Morgan fingerprint density at radius 1 is 1.64 bits per heavy atom. The molecular weight excluding hydrogens is 264 g/mol. The van der Waals surface area contributed by atoms with Gasteiger partial charge < -0.3 is 4.74 Å². The minimum Gasteiger partial charge on any atom is -0.469 e. The maximum absolute atomic E-state index is 11.6. The number of halogens is 1. The molecule has 0 saturated heterocycles. The summed E-state index contributed by atoms with van der Waals surface area (Å²) in [6.45, 7) is 0. The standard InChI is InChI=1S/C10H11BrO2S/c1-13-10(12)9(6-2-3-6)7-4-5-8(11)14-7/h4-6,9H,2-3H2,1H3. The van der Waals surface area contributed by atoms with Gasteiger partial charge in [0.2, 0.25) is 0 Å². The topological polar surface area (TPSA) is 26.3 Å². The summed E-state index contributed by atoms with van der Waals surface area (Å²) in [5, 5.41) is 0. The van der Waals surface area contributed by atoms with Crippen LogP contribution in [0.25, 0.3) is 0 Å². The number of carbonyl (C=O) groups excluding carboxylic acids is 1. The molecule has 0 amide bonds. The van der Waals surface area contributed by atoms with Gasteiger partial charge in [-0.2, -0.15) is 0 Å². The van der Waals surface area contributed by atoms with Crippen molar-refractivity contribution in [3.63, 3.8) is 0 Å². The van der Waals surface area contributed by atoms with Gasteiger partial charge in [0.1, 0.15) is 0 Å². The number of methoxy groups -OCH3 is 1. The van der Waals surface area contributed by atoms with Crippen LogP contribution >= 0.6 is 27.3 Å². The average Bonchev–Trinajstić information content (AvgIpc) is 2.90. The Labute approximate surface area is 95.4 Å².